The smallest absolute Gasteiger partial charge is 0.172 e. The van der Waals surface area contributed by atoms with E-state index in [4.69, 9.17) is 27.9 Å². The van der Waals surface area contributed by atoms with Crippen molar-refractivity contribution in [3.63, 3.8) is 0 Å². The van der Waals surface area contributed by atoms with E-state index < -0.39 is 10.7 Å². The monoisotopic (exact) mass is 240 g/mol. The molecule has 0 N–H and O–H groups in total. The Labute approximate surface area is 87.2 Å². The highest BCUT2D eigenvalue weighted by atomic mass is 35.5. The van der Waals surface area contributed by atoms with Crippen molar-refractivity contribution < 1.29 is 13.2 Å². The summed E-state index contributed by atoms with van der Waals surface area (Å²) in [5, 5.41) is 0.448. The van der Waals surface area contributed by atoms with Crippen molar-refractivity contribution in [2.75, 3.05) is 7.11 Å². The number of hydrogen-bond acceptors (Lipinski definition) is 3. The van der Waals surface area contributed by atoms with E-state index in [1.54, 1.807) is 0 Å². The minimum atomic E-state index is -2.75. The fraction of sp³-hybridized carbons (Fsp3) is 0.143. The molecule has 1 aromatic rings. The Morgan fingerprint density at radius 1 is 1.31 bits per heavy atom. The first-order valence-corrected chi connectivity index (χ1v) is 5.17. The first kappa shape index (κ1) is 10.6. The molecule has 0 aliphatic rings. The zero-order valence-electron chi connectivity index (χ0n) is 6.58. The van der Waals surface area contributed by atoms with E-state index in [0.717, 1.165) is 0 Å². The normalized spacial score (nSPS) is 10.5. The molecule has 0 saturated heterocycles. The molecular weight excluding hydrogens is 235 g/mol. The summed E-state index contributed by atoms with van der Waals surface area (Å²) in [7, 11) is -1.40. The maximum Gasteiger partial charge on any atom is 0.172 e. The van der Waals surface area contributed by atoms with Gasteiger partial charge in [-0.2, -0.15) is 0 Å². The van der Waals surface area contributed by atoms with Crippen LogP contribution in [0.25, 0.3) is 0 Å². The Bertz CT molecular complexity index is 393. The number of methoxy groups -OCH3 is 1. The molecule has 6 heteroatoms. The van der Waals surface area contributed by atoms with Crippen LogP contribution in [0.2, 0.25) is 10.0 Å². The maximum absolute atomic E-state index is 10.7. The van der Waals surface area contributed by atoms with Crippen molar-refractivity contribution >= 4 is 33.9 Å². The highest BCUT2D eigenvalue weighted by molar-refractivity contribution is 7.72. The second kappa shape index (κ2) is 4.17. The van der Waals surface area contributed by atoms with E-state index in [9.17, 15) is 8.42 Å². The average Bonchev–Trinajstić information content (AvgIpc) is 2.02. The molecule has 1 rings (SSSR count). The number of halogens is 2. The summed E-state index contributed by atoms with van der Waals surface area (Å²) in [6.07, 6.45) is 0. The van der Waals surface area contributed by atoms with Gasteiger partial charge in [-0.1, -0.05) is 23.2 Å². The molecule has 13 heavy (non-hydrogen) atoms. The number of ether oxygens (including phenoxy) is 1. The van der Waals surface area contributed by atoms with E-state index in [0.29, 0.717) is 0 Å². The molecule has 0 amide bonds. The molecule has 72 valence electrons. The predicted octanol–water partition coefficient (Wildman–Crippen LogP) is 1.97. The van der Waals surface area contributed by atoms with E-state index >= 15 is 0 Å². The summed E-state index contributed by atoms with van der Waals surface area (Å²) in [6.45, 7) is 0. The second-order valence-electron chi connectivity index (χ2n) is 2.20. The third kappa shape index (κ3) is 2.27. The Balaban J connectivity index is 3.47. The zero-order valence-corrected chi connectivity index (χ0v) is 8.99. The minimum absolute atomic E-state index is 0.00463. The van der Waals surface area contributed by atoms with Gasteiger partial charge in [0, 0.05) is 5.02 Å². The molecule has 0 heterocycles. The molecule has 0 fully saturated rings. The molecule has 3 nitrogen and oxygen atoms in total. The van der Waals surface area contributed by atoms with Crippen LogP contribution in [0.4, 0.5) is 0 Å². The van der Waals surface area contributed by atoms with E-state index in [1.807, 2.05) is 0 Å². The van der Waals surface area contributed by atoms with Crippen molar-refractivity contribution in [1.29, 1.82) is 0 Å². The zero-order chi connectivity index (χ0) is 10.0. The summed E-state index contributed by atoms with van der Waals surface area (Å²) in [4.78, 5) is -0.00463. The predicted molar refractivity (Wildman–Crippen MR) is 51.6 cm³/mol. The van der Waals surface area contributed by atoms with Crippen molar-refractivity contribution in [3.05, 3.63) is 22.2 Å². The van der Waals surface area contributed by atoms with Crippen LogP contribution in [-0.4, -0.2) is 15.5 Å². The molecule has 0 spiro atoms. The average molecular weight is 241 g/mol. The van der Waals surface area contributed by atoms with Gasteiger partial charge in [-0.05, 0) is 12.1 Å². The van der Waals surface area contributed by atoms with Gasteiger partial charge in [-0.15, -0.1) is 0 Å². The summed E-state index contributed by atoms with van der Waals surface area (Å²) in [5.74, 6) is 0.127. The molecular formula is C7H6Cl2O3S. The molecule has 0 aliphatic carbocycles. The van der Waals surface area contributed by atoms with Crippen LogP contribution in [0.1, 0.15) is 0 Å². The Morgan fingerprint density at radius 3 is 2.38 bits per heavy atom. The van der Waals surface area contributed by atoms with Crippen LogP contribution in [0.15, 0.2) is 17.0 Å². The topological polar surface area (TPSA) is 43.4 Å². The van der Waals surface area contributed by atoms with Gasteiger partial charge in [0.2, 0.25) is 0 Å². The fourth-order valence-corrected chi connectivity index (χ4v) is 2.22. The lowest BCUT2D eigenvalue weighted by atomic mass is 10.3. The van der Waals surface area contributed by atoms with Gasteiger partial charge in [0.15, 0.2) is 16.5 Å². The first-order valence-electron chi connectivity index (χ1n) is 3.23. The largest absolute Gasteiger partial charge is 0.494 e. The Hall–Kier alpha value is -0.450. The highest BCUT2D eigenvalue weighted by Crippen LogP contribution is 2.32. The molecule has 0 atom stereocenters. The van der Waals surface area contributed by atoms with Crippen LogP contribution < -0.4 is 4.74 Å². The third-order valence-electron chi connectivity index (χ3n) is 1.39. The summed E-state index contributed by atoms with van der Waals surface area (Å²) in [6, 6.07) is 2.71. The summed E-state index contributed by atoms with van der Waals surface area (Å²) < 4.78 is 26.3. The van der Waals surface area contributed by atoms with Crippen molar-refractivity contribution in [3.8, 4) is 5.75 Å². The van der Waals surface area contributed by atoms with Crippen LogP contribution in [-0.2, 0) is 10.7 Å². The molecule has 0 radical (unpaired) electrons. The Morgan fingerprint density at radius 2 is 1.92 bits per heavy atom. The minimum Gasteiger partial charge on any atom is -0.494 e. The van der Waals surface area contributed by atoms with Crippen LogP contribution in [0.3, 0.4) is 0 Å². The lowest BCUT2D eigenvalue weighted by Crippen LogP contribution is -1.91. The third-order valence-corrected chi connectivity index (χ3v) is 2.61. The number of hydrogen-bond donors (Lipinski definition) is 1. The molecule has 0 aromatic heterocycles. The van der Waals surface area contributed by atoms with Gasteiger partial charge in [0.1, 0.15) is 4.90 Å². The Kier molecular flexibility index (Phi) is 3.41. The lowest BCUT2D eigenvalue weighted by molar-refractivity contribution is 0.403. The number of rotatable bonds is 2. The van der Waals surface area contributed by atoms with Gasteiger partial charge >= 0.3 is 0 Å². The standard InChI is InChI=1S/C7H6Cl2O3S/c1-12-7-5(9)2-4(8)3-6(7)13(10)11/h2-3,13H,1H3. The van der Waals surface area contributed by atoms with Gasteiger partial charge in [0.25, 0.3) is 0 Å². The molecule has 1 aromatic carbocycles. The van der Waals surface area contributed by atoms with Gasteiger partial charge in [-0.3, -0.25) is 0 Å². The number of thiol groups is 1. The van der Waals surface area contributed by atoms with Crippen LogP contribution in [0.5, 0.6) is 5.75 Å². The molecule has 0 bridgehead atoms. The van der Waals surface area contributed by atoms with E-state index in [1.165, 1.54) is 19.2 Å². The van der Waals surface area contributed by atoms with Crippen molar-refractivity contribution in [1.82, 2.24) is 0 Å². The molecule has 0 saturated carbocycles. The summed E-state index contributed by atoms with van der Waals surface area (Å²) >= 11 is 11.3. The van der Waals surface area contributed by atoms with Gasteiger partial charge in [0.05, 0.1) is 12.1 Å². The summed E-state index contributed by atoms with van der Waals surface area (Å²) in [5.41, 5.74) is 0. The SMILES string of the molecule is COc1c(Cl)cc(Cl)cc1[SH](=O)=O. The van der Waals surface area contributed by atoms with E-state index in [-0.39, 0.29) is 20.7 Å². The quantitative estimate of drug-likeness (QED) is 0.805. The van der Waals surface area contributed by atoms with Crippen molar-refractivity contribution in [2.24, 2.45) is 0 Å². The van der Waals surface area contributed by atoms with Crippen LogP contribution in [0, 0.1) is 0 Å². The van der Waals surface area contributed by atoms with Gasteiger partial charge in [-0.25, -0.2) is 8.42 Å². The lowest BCUT2D eigenvalue weighted by Gasteiger charge is -2.05. The highest BCUT2D eigenvalue weighted by Gasteiger charge is 2.11. The van der Waals surface area contributed by atoms with Crippen molar-refractivity contribution in [2.45, 2.75) is 4.90 Å². The second-order valence-corrected chi connectivity index (χ2v) is 4.04. The molecule has 0 unspecified atom stereocenters. The van der Waals surface area contributed by atoms with E-state index in [2.05, 4.69) is 0 Å². The maximum atomic E-state index is 10.7. The van der Waals surface area contributed by atoms with Crippen LogP contribution >= 0.6 is 23.2 Å². The first-order chi connectivity index (χ1) is 6.06. The number of benzene rings is 1. The fourth-order valence-electron chi connectivity index (χ4n) is 0.884. The molecule has 0 aliphatic heterocycles. The van der Waals surface area contributed by atoms with Gasteiger partial charge < -0.3 is 4.74 Å².